The van der Waals surface area contributed by atoms with Crippen molar-refractivity contribution in [1.82, 2.24) is 0 Å². The largest absolute Gasteiger partial charge is 0.488 e. The van der Waals surface area contributed by atoms with E-state index in [0.717, 1.165) is 5.56 Å². The molecule has 0 aliphatic rings. The van der Waals surface area contributed by atoms with Crippen molar-refractivity contribution in [1.29, 1.82) is 0 Å². The van der Waals surface area contributed by atoms with Gasteiger partial charge >= 0.3 is 0 Å². The van der Waals surface area contributed by atoms with E-state index in [0.29, 0.717) is 17.9 Å². The molecule has 0 saturated heterocycles. The van der Waals surface area contributed by atoms with Crippen LogP contribution in [0.1, 0.15) is 39.5 Å². The summed E-state index contributed by atoms with van der Waals surface area (Å²) >= 11 is 0. The zero-order valence-corrected chi connectivity index (χ0v) is 12.5. The first-order chi connectivity index (χ1) is 9.50. The van der Waals surface area contributed by atoms with E-state index >= 15 is 0 Å². The van der Waals surface area contributed by atoms with Crippen molar-refractivity contribution in [3.05, 3.63) is 64.2 Å². The lowest BCUT2D eigenvalue weighted by Gasteiger charge is -2.15. The SMILES string of the molecule is CC(=O)c1cccc(C)c1OCc1c(C)cccc1C. The van der Waals surface area contributed by atoms with E-state index in [1.54, 1.807) is 6.92 Å². The lowest BCUT2D eigenvalue weighted by molar-refractivity contribution is 0.101. The van der Waals surface area contributed by atoms with E-state index in [1.165, 1.54) is 16.7 Å². The number of hydrogen-bond donors (Lipinski definition) is 0. The van der Waals surface area contributed by atoms with E-state index < -0.39 is 0 Å². The van der Waals surface area contributed by atoms with Gasteiger partial charge in [-0.2, -0.15) is 0 Å². The number of benzene rings is 2. The molecule has 0 radical (unpaired) electrons. The molecule has 0 atom stereocenters. The first-order valence-corrected chi connectivity index (χ1v) is 6.79. The lowest BCUT2D eigenvalue weighted by atomic mass is 10.0. The molecule has 0 aliphatic heterocycles. The van der Waals surface area contributed by atoms with E-state index in [-0.39, 0.29) is 5.78 Å². The Labute approximate surface area is 120 Å². The van der Waals surface area contributed by atoms with Crippen LogP contribution in [0.25, 0.3) is 0 Å². The highest BCUT2D eigenvalue weighted by atomic mass is 16.5. The molecule has 2 rings (SSSR count). The predicted octanol–water partition coefficient (Wildman–Crippen LogP) is 4.39. The van der Waals surface area contributed by atoms with Crippen LogP contribution in [0.4, 0.5) is 0 Å². The maximum absolute atomic E-state index is 11.7. The Morgan fingerprint density at radius 2 is 1.50 bits per heavy atom. The molecule has 2 aromatic carbocycles. The third-order valence-electron chi connectivity index (χ3n) is 3.60. The Morgan fingerprint density at radius 1 is 0.950 bits per heavy atom. The summed E-state index contributed by atoms with van der Waals surface area (Å²) in [7, 11) is 0. The van der Waals surface area contributed by atoms with E-state index in [4.69, 9.17) is 4.74 Å². The smallest absolute Gasteiger partial charge is 0.163 e. The number of aryl methyl sites for hydroxylation is 3. The number of ether oxygens (including phenoxy) is 1. The fourth-order valence-corrected chi connectivity index (χ4v) is 2.34. The van der Waals surface area contributed by atoms with E-state index in [9.17, 15) is 4.79 Å². The Morgan fingerprint density at radius 3 is 2.10 bits per heavy atom. The van der Waals surface area contributed by atoms with Crippen LogP contribution in [0, 0.1) is 20.8 Å². The molecule has 20 heavy (non-hydrogen) atoms. The van der Waals surface area contributed by atoms with Crippen molar-refractivity contribution in [2.45, 2.75) is 34.3 Å². The normalized spacial score (nSPS) is 10.4. The van der Waals surface area contributed by atoms with E-state index in [1.807, 2.05) is 31.2 Å². The van der Waals surface area contributed by atoms with Gasteiger partial charge in [0.25, 0.3) is 0 Å². The van der Waals surface area contributed by atoms with Gasteiger partial charge in [0, 0.05) is 0 Å². The summed E-state index contributed by atoms with van der Waals surface area (Å²) in [5.41, 5.74) is 5.25. The van der Waals surface area contributed by atoms with Crippen LogP contribution < -0.4 is 4.74 Å². The fourth-order valence-electron chi connectivity index (χ4n) is 2.34. The van der Waals surface area contributed by atoms with Crippen molar-refractivity contribution in [2.75, 3.05) is 0 Å². The van der Waals surface area contributed by atoms with Gasteiger partial charge in [-0.25, -0.2) is 0 Å². The predicted molar refractivity (Wildman–Crippen MR) is 81.4 cm³/mol. The summed E-state index contributed by atoms with van der Waals surface area (Å²) in [5, 5.41) is 0. The van der Waals surface area contributed by atoms with Crippen LogP contribution in [-0.4, -0.2) is 5.78 Å². The van der Waals surface area contributed by atoms with Gasteiger partial charge in [0.2, 0.25) is 0 Å². The minimum atomic E-state index is 0.0326. The number of carbonyl (C=O) groups excluding carboxylic acids is 1. The molecule has 0 N–H and O–H groups in total. The molecule has 104 valence electrons. The minimum absolute atomic E-state index is 0.0326. The summed E-state index contributed by atoms with van der Waals surface area (Å²) in [5.74, 6) is 0.729. The number of hydrogen-bond acceptors (Lipinski definition) is 2. The van der Waals surface area contributed by atoms with Gasteiger partial charge < -0.3 is 4.74 Å². The highest BCUT2D eigenvalue weighted by molar-refractivity contribution is 5.97. The Bertz CT molecular complexity index is 622. The molecular formula is C18H20O2. The zero-order valence-electron chi connectivity index (χ0n) is 12.5. The molecule has 0 aliphatic carbocycles. The third kappa shape index (κ3) is 2.90. The summed E-state index contributed by atoms with van der Waals surface area (Å²) in [6.45, 7) is 8.18. The maximum Gasteiger partial charge on any atom is 0.163 e. The average Bonchev–Trinajstić information content (AvgIpc) is 2.39. The highest BCUT2D eigenvalue weighted by Crippen LogP contribution is 2.26. The molecule has 0 aromatic heterocycles. The highest BCUT2D eigenvalue weighted by Gasteiger charge is 2.12. The molecule has 0 amide bonds. The molecule has 0 fully saturated rings. The maximum atomic E-state index is 11.7. The molecule has 0 heterocycles. The molecule has 0 unspecified atom stereocenters. The van der Waals surface area contributed by atoms with Crippen LogP contribution in [0.2, 0.25) is 0 Å². The van der Waals surface area contributed by atoms with Gasteiger partial charge in [0.1, 0.15) is 12.4 Å². The second-order valence-electron chi connectivity index (χ2n) is 5.17. The molecule has 0 spiro atoms. The van der Waals surface area contributed by atoms with Gasteiger partial charge in [-0.05, 0) is 56.0 Å². The average molecular weight is 268 g/mol. The monoisotopic (exact) mass is 268 g/mol. The number of rotatable bonds is 4. The lowest BCUT2D eigenvalue weighted by Crippen LogP contribution is -2.05. The van der Waals surface area contributed by atoms with Crippen molar-refractivity contribution in [3.8, 4) is 5.75 Å². The molecular weight excluding hydrogens is 248 g/mol. The Kier molecular flexibility index (Phi) is 4.23. The van der Waals surface area contributed by atoms with Gasteiger partial charge in [0.05, 0.1) is 5.56 Å². The summed E-state index contributed by atoms with van der Waals surface area (Å²) in [4.78, 5) is 11.7. The van der Waals surface area contributed by atoms with Gasteiger partial charge in [-0.3, -0.25) is 4.79 Å². The first kappa shape index (κ1) is 14.3. The van der Waals surface area contributed by atoms with Crippen LogP contribution in [0.15, 0.2) is 36.4 Å². The summed E-state index contributed by atoms with van der Waals surface area (Å²) in [6.07, 6.45) is 0. The number of ketones is 1. The number of para-hydroxylation sites is 1. The standard InChI is InChI=1S/C18H20O2/c1-12-7-5-8-13(2)17(12)11-20-18-14(3)9-6-10-16(18)15(4)19/h5-10H,11H2,1-4H3. The van der Waals surface area contributed by atoms with Crippen molar-refractivity contribution >= 4 is 5.78 Å². The fraction of sp³-hybridized carbons (Fsp3) is 0.278. The second-order valence-corrected chi connectivity index (χ2v) is 5.17. The van der Waals surface area contributed by atoms with E-state index in [2.05, 4.69) is 26.0 Å². The number of carbonyl (C=O) groups is 1. The molecule has 2 nitrogen and oxygen atoms in total. The van der Waals surface area contributed by atoms with Gasteiger partial charge in [0.15, 0.2) is 5.78 Å². The molecule has 2 aromatic rings. The minimum Gasteiger partial charge on any atom is -0.488 e. The quantitative estimate of drug-likeness (QED) is 0.768. The Hall–Kier alpha value is -2.09. The second kappa shape index (κ2) is 5.91. The van der Waals surface area contributed by atoms with Crippen LogP contribution in [0.3, 0.4) is 0 Å². The third-order valence-corrected chi connectivity index (χ3v) is 3.60. The number of Topliss-reactive ketones (excluding diaryl/α,β-unsaturated/α-hetero) is 1. The van der Waals surface area contributed by atoms with Crippen LogP contribution in [0.5, 0.6) is 5.75 Å². The topological polar surface area (TPSA) is 26.3 Å². The van der Waals surface area contributed by atoms with Crippen molar-refractivity contribution in [3.63, 3.8) is 0 Å². The molecule has 0 saturated carbocycles. The molecule has 2 heteroatoms. The summed E-state index contributed by atoms with van der Waals surface area (Å²) < 4.78 is 5.96. The van der Waals surface area contributed by atoms with Gasteiger partial charge in [-0.1, -0.05) is 30.3 Å². The van der Waals surface area contributed by atoms with Crippen LogP contribution in [-0.2, 0) is 6.61 Å². The summed E-state index contributed by atoms with van der Waals surface area (Å²) in [6, 6.07) is 11.9. The van der Waals surface area contributed by atoms with Crippen molar-refractivity contribution in [2.24, 2.45) is 0 Å². The first-order valence-electron chi connectivity index (χ1n) is 6.79. The zero-order chi connectivity index (χ0) is 14.7. The van der Waals surface area contributed by atoms with Crippen LogP contribution >= 0.6 is 0 Å². The molecule has 0 bridgehead atoms. The van der Waals surface area contributed by atoms with Crippen molar-refractivity contribution < 1.29 is 9.53 Å². The van der Waals surface area contributed by atoms with Gasteiger partial charge in [-0.15, -0.1) is 0 Å². The Balaban J connectivity index is 2.30.